The Morgan fingerprint density at radius 3 is 1.88 bits per heavy atom. The van der Waals surface area contributed by atoms with Crippen LogP contribution in [0.25, 0.3) is 38.6 Å². The first-order valence-corrected chi connectivity index (χ1v) is 22.7. The van der Waals surface area contributed by atoms with E-state index in [1.54, 1.807) is 0 Å². The predicted octanol–water partition coefficient (Wildman–Crippen LogP) is 8.31. The topological polar surface area (TPSA) is 24.3 Å². The maximum absolute atomic E-state index is 5.26. The first kappa shape index (κ1) is 32.8. The standard InChI is InChI=1S/C47H46GeN4/c1-46(2,3)32-18-22-41-39(27-32)40-28-33(47(4,5)6)19-23-42(40)48(41,45-17-10-11-24-49-45)34-13-12-14-36(29-34)52-43-16-9-8-15-37(43)38-21-20-35(30-44(38)52)51-26-25-50(7)31-51/h8-30H,31H2,1-7H3. The van der Waals surface area contributed by atoms with Gasteiger partial charge in [0.05, 0.1) is 0 Å². The van der Waals surface area contributed by atoms with Crippen molar-refractivity contribution in [1.82, 2.24) is 14.5 Å². The van der Waals surface area contributed by atoms with Crippen molar-refractivity contribution in [3.63, 3.8) is 0 Å². The Balaban J connectivity index is 1.34. The van der Waals surface area contributed by atoms with Crippen LogP contribution in [-0.2, 0) is 10.8 Å². The first-order chi connectivity index (χ1) is 24.9. The summed E-state index contributed by atoms with van der Waals surface area (Å²) in [5, 5.41) is 2.54. The Morgan fingerprint density at radius 2 is 1.25 bits per heavy atom. The molecular formula is C47H46GeN4. The maximum atomic E-state index is 5.26. The molecule has 0 aliphatic carbocycles. The summed E-state index contributed by atoms with van der Waals surface area (Å²) < 4.78 is 8.05. The first-order valence-electron chi connectivity index (χ1n) is 18.5. The van der Waals surface area contributed by atoms with Crippen molar-refractivity contribution in [2.75, 3.05) is 18.6 Å². The van der Waals surface area contributed by atoms with Gasteiger partial charge in [-0.2, -0.15) is 0 Å². The molecule has 5 aromatic carbocycles. The summed E-state index contributed by atoms with van der Waals surface area (Å²) in [5.41, 5.74) is 10.4. The number of anilines is 1. The van der Waals surface area contributed by atoms with Crippen LogP contribution in [0.4, 0.5) is 5.69 Å². The molecule has 4 heterocycles. The van der Waals surface area contributed by atoms with Gasteiger partial charge in [-0.05, 0) is 0 Å². The summed E-state index contributed by atoms with van der Waals surface area (Å²) >= 11 is -3.64. The number of hydrogen-bond donors (Lipinski definition) is 0. The van der Waals surface area contributed by atoms with Crippen molar-refractivity contribution < 1.29 is 0 Å². The number of hydrogen-bond acceptors (Lipinski definition) is 3. The van der Waals surface area contributed by atoms with Gasteiger partial charge in [0.2, 0.25) is 0 Å². The van der Waals surface area contributed by atoms with Gasteiger partial charge in [-0.15, -0.1) is 0 Å². The number of aromatic nitrogens is 2. The van der Waals surface area contributed by atoms with Crippen LogP contribution in [0.2, 0.25) is 0 Å². The molecule has 0 spiro atoms. The van der Waals surface area contributed by atoms with Crippen LogP contribution in [-0.4, -0.2) is 41.4 Å². The van der Waals surface area contributed by atoms with Gasteiger partial charge in [0.15, 0.2) is 0 Å². The van der Waals surface area contributed by atoms with Crippen LogP contribution in [0.1, 0.15) is 52.7 Å². The summed E-state index contributed by atoms with van der Waals surface area (Å²) in [6.07, 6.45) is 6.30. The van der Waals surface area contributed by atoms with Gasteiger partial charge >= 0.3 is 312 Å². The molecule has 5 heteroatoms. The third-order valence-electron chi connectivity index (χ3n) is 11.3. The monoisotopic (exact) mass is 740 g/mol. The molecule has 2 aromatic heterocycles. The van der Waals surface area contributed by atoms with Crippen molar-refractivity contribution in [2.45, 2.75) is 52.4 Å². The van der Waals surface area contributed by atoms with E-state index in [9.17, 15) is 0 Å². The molecule has 0 saturated carbocycles. The number of para-hydroxylation sites is 1. The average molecular weight is 740 g/mol. The number of nitrogens with zero attached hydrogens (tertiary/aromatic N) is 4. The quantitative estimate of drug-likeness (QED) is 0.170. The van der Waals surface area contributed by atoms with Crippen LogP contribution >= 0.6 is 0 Å². The third-order valence-corrected chi connectivity index (χ3v) is 21.2. The minimum absolute atomic E-state index is 0.0374. The molecule has 0 radical (unpaired) electrons. The van der Waals surface area contributed by atoms with E-state index in [4.69, 9.17) is 4.98 Å². The van der Waals surface area contributed by atoms with Gasteiger partial charge in [0, 0.05) is 0 Å². The Bertz CT molecular complexity index is 2480. The van der Waals surface area contributed by atoms with E-state index in [-0.39, 0.29) is 10.8 Å². The second-order valence-corrected chi connectivity index (χ2v) is 24.5. The van der Waals surface area contributed by atoms with Crippen molar-refractivity contribution in [3.05, 3.63) is 151 Å². The fraction of sp³-hybridized carbons (Fsp3) is 0.213. The summed E-state index contributed by atoms with van der Waals surface area (Å²) in [4.78, 5) is 9.78. The Morgan fingerprint density at radius 1 is 0.577 bits per heavy atom. The van der Waals surface area contributed by atoms with Crippen LogP contribution in [0.3, 0.4) is 0 Å². The second-order valence-electron chi connectivity index (χ2n) is 16.8. The molecule has 0 saturated heterocycles. The van der Waals surface area contributed by atoms with Crippen LogP contribution < -0.4 is 22.6 Å². The Labute approximate surface area is 310 Å². The third kappa shape index (κ3) is 4.98. The van der Waals surface area contributed by atoms with Crippen molar-refractivity contribution >= 4 is 58.5 Å². The van der Waals surface area contributed by atoms with Crippen molar-refractivity contribution in [3.8, 4) is 16.8 Å². The van der Waals surface area contributed by atoms with Gasteiger partial charge in [0.1, 0.15) is 0 Å². The molecule has 258 valence electrons. The van der Waals surface area contributed by atoms with E-state index in [0.29, 0.717) is 0 Å². The molecule has 0 bridgehead atoms. The fourth-order valence-electron chi connectivity index (χ4n) is 8.58. The van der Waals surface area contributed by atoms with Gasteiger partial charge < -0.3 is 0 Å². The molecule has 9 rings (SSSR count). The van der Waals surface area contributed by atoms with Crippen molar-refractivity contribution in [2.24, 2.45) is 0 Å². The number of benzene rings is 5. The summed E-state index contributed by atoms with van der Waals surface area (Å²) in [6, 6.07) is 46.5. The zero-order valence-corrected chi connectivity index (χ0v) is 33.4. The zero-order valence-electron chi connectivity index (χ0n) is 31.3. The number of pyridine rings is 1. The number of rotatable bonds is 4. The van der Waals surface area contributed by atoms with E-state index in [1.807, 2.05) is 6.20 Å². The average Bonchev–Trinajstić information content (AvgIpc) is 3.81. The van der Waals surface area contributed by atoms with Crippen molar-refractivity contribution in [1.29, 1.82) is 0 Å². The summed E-state index contributed by atoms with van der Waals surface area (Å²) in [6.45, 7) is 14.8. The van der Waals surface area contributed by atoms with Gasteiger partial charge in [-0.25, -0.2) is 0 Å². The molecule has 0 unspecified atom stereocenters. The van der Waals surface area contributed by atoms with Crippen LogP contribution in [0.15, 0.2) is 140 Å². The van der Waals surface area contributed by atoms with E-state index in [2.05, 4.69) is 197 Å². The zero-order chi connectivity index (χ0) is 36.0. The molecule has 7 aromatic rings. The molecule has 2 aliphatic heterocycles. The SMILES string of the molecule is CN1C=CN(c2ccc3c4ccccc4n(-c4ccc[c]([Ge]5([c]6ccccn6)[c]6ccc(C(C)(C)C)cc6-c6cc(C(C)(C)C)cc[c]65)c4)c3c2)C1. The van der Waals surface area contributed by atoms with Gasteiger partial charge in [0.25, 0.3) is 0 Å². The van der Waals surface area contributed by atoms with Gasteiger partial charge in [-0.1, -0.05) is 0 Å². The molecule has 0 atom stereocenters. The molecule has 2 aliphatic rings. The van der Waals surface area contributed by atoms with E-state index < -0.39 is 13.3 Å². The predicted molar refractivity (Wildman–Crippen MR) is 223 cm³/mol. The normalized spacial score (nSPS) is 15.1. The molecular weight excluding hydrogens is 693 g/mol. The molecule has 0 fully saturated rings. The Hall–Kier alpha value is -5.07. The summed E-state index contributed by atoms with van der Waals surface area (Å²) in [7, 11) is 2.12. The van der Waals surface area contributed by atoms with E-state index in [1.165, 1.54) is 73.1 Å². The van der Waals surface area contributed by atoms with Crippen LogP contribution in [0.5, 0.6) is 0 Å². The Kier molecular flexibility index (Phi) is 7.40. The molecule has 52 heavy (non-hydrogen) atoms. The van der Waals surface area contributed by atoms with E-state index >= 15 is 0 Å². The molecule has 0 amide bonds. The summed E-state index contributed by atoms with van der Waals surface area (Å²) in [5.74, 6) is 0. The van der Waals surface area contributed by atoms with E-state index in [0.717, 1.165) is 6.67 Å². The second kappa shape index (κ2) is 11.7. The molecule has 0 N–H and O–H groups in total. The van der Waals surface area contributed by atoms with Gasteiger partial charge in [-0.3, -0.25) is 0 Å². The molecule has 4 nitrogen and oxygen atoms in total. The van der Waals surface area contributed by atoms with Crippen LogP contribution in [0, 0.1) is 0 Å². The number of fused-ring (bicyclic) bond motifs is 6. The minimum atomic E-state index is -3.64. The fourth-order valence-corrected chi connectivity index (χ4v) is 19.0.